The first-order valence-corrected chi connectivity index (χ1v) is 12.6. The standard InChI is InChI=1S/C28H35FN2OS/c1-28(2,3)33(32)30-26(20-29)27(19-23-13-7-4-8-14-23)31(21-24-15-9-5-10-16-24)22-25-17-11-6-12-18-25/h4-18,26-27,30H,19-22H2,1-3H3/t26-,27+,33-/m1/s1. The Labute approximate surface area is 200 Å². The maximum absolute atomic E-state index is 14.6. The van der Waals surface area contributed by atoms with Gasteiger partial charge in [-0.15, -0.1) is 0 Å². The van der Waals surface area contributed by atoms with E-state index in [2.05, 4.69) is 46.0 Å². The summed E-state index contributed by atoms with van der Waals surface area (Å²) in [5.74, 6) is 0. The predicted molar refractivity (Wildman–Crippen MR) is 137 cm³/mol. The Morgan fingerprint density at radius 3 is 1.61 bits per heavy atom. The highest BCUT2D eigenvalue weighted by atomic mass is 32.2. The van der Waals surface area contributed by atoms with Crippen LogP contribution in [0.4, 0.5) is 4.39 Å². The number of rotatable bonds is 11. The van der Waals surface area contributed by atoms with Crippen LogP contribution >= 0.6 is 0 Å². The maximum atomic E-state index is 14.6. The first kappa shape index (κ1) is 25.3. The van der Waals surface area contributed by atoms with E-state index in [0.717, 1.165) is 5.56 Å². The van der Waals surface area contributed by atoms with Crippen LogP contribution in [0.3, 0.4) is 0 Å². The van der Waals surface area contributed by atoms with Gasteiger partial charge in [0.2, 0.25) is 0 Å². The number of benzene rings is 3. The van der Waals surface area contributed by atoms with Crippen LogP contribution < -0.4 is 4.72 Å². The van der Waals surface area contributed by atoms with Gasteiger partial charge in [0.25, 0.3) is 0 Å². The summed E-state index contributed by atoms with van der Waals surface area (Å²) in [6, 6.07) is 29.9. The average Bonchev–Trinajstić information content (AvgIpc) is 2.82. The van der Waals surface area contributed by atoms with Crippen molar-refractivity contribution in [3.63, 3.8) is 0 Å². The second kappa shape index (κ2) is 12.2. The quantitative estimate of drug-likeness (QED) is 0.394. The molecule has 5 heteroatoms. The number of nitrogens with zero attached hydrogens (tertiary/aromatic N) is 1. The van der Waals surface area contributed by atoms with Crippen LogP contribution in [0.2, 0.25) is 0 Å². The van der Waals surface area contributed by atoms with E-state index in [9.17, 15) is 8.60 Å². The third-order valence-electron chi connectivity index (χ3n) is 5.66. The van der Waals surface area contributed by atoms with Gasteiger partial charge in [-0.1, -0.05) is 91.0 Å². The molecule has 3 atom stereocenters. The largest absolute Gasteiger partial charge is 0.290 e. The van der Waals surface area contributed by atoms with Crippen LogP contribution in [0.1, 0.15) is 37.5 Å². The highest BCUT2D eigenvalue weighted by Gasteiger charge is 2.32. The number of hydrogen-bond donors (Lipinski definition) is 1. The molecule has 0 amide bonds. The van der Waals surface area contributed by atoms with Crippen LogP contribution in [0.15, 0.2) is 91.0 Å². The summed E-state index contributed by atoms with van der Waals surface area (Å²) in [4.78, 5) is 2.31. The van der Waals surface area contributed by atoms with E-state index in [4.69, 9.17) is 0 Å². The topological polar surface area (TPSA) is 32.3 Å². The lowest BCUT2D eigenvalue weighted by Gasteiger charge is -2.37. The molecule has 3 nitrogen and oxygen atoms in total. The maximum Gasteiger partial charge on any atom is 0.107 e. The molecule has 0 aliphatic rings. The van der Waals surface area contributed by atoms with Crippen molar-refractivity contribution in [3.8, 4) is 0 Å². The minimum atomic E-state index is -1.37. The third-order valence-corrected chi connectivity index (χ3v) is 7.29. The monoisotopic (exact) mass is 466 g/mol. The van der Waals surface area contributed by atoms with Crippen LogP contribution in [0.25, 0.3) is 0 Å². The molecule has 3 rings (SSSR count). The molecule has 0 radical (unpaired) electrons. The summed E-state index contributed by atoms with van der Waals surface area (Å²) in [5.41, 5.74) is 3.47. The zero-order chi connectivity index (χ0) is 23.7. The number of halogens is 1. The van der Waals surface area contributed by atoms with E-state index < -0.39 is 28.4 Å². The van der Waals surface area contributed by atoms with Crippen molar-refractivity contribution in [2.75, 3.05) is 6.67 Å². The molecule has 0 spiro atoms. The van der Waals surface area contributed by atoms with Gasteiger partial charge in [0.1, 0.15) is 6.67 Å². The Morgan fingerprint density at radius 1 is 0.788 bits per heavy atom. The molecule has 0 unspecified atom stereocenters. The van der Waals surface area contributed by atoms with Crippen LogP contribution in [-0.4, -0.2) is 32.6 Å². The van der Waals surface area contributed by atoms with Gasteiger partial charge in [-0.05, 0) is 43.9 Å². The molecule has 0 saturated heterocycles. The van der Waals surface area contributed by atoms with Crippen LogP contribution in [0, 0.1) is 0 Å². The molecule has 33 heavy (non-hydrogen) atoms. The smallest absolute Gasteiger partial charge is 0.107 e. The summed E-state index contributed by atoms with van der Waals surface area (Å²) in [6.45, 7) is 6.47. The molecule has 176 valence electrons. The van der Waals surface area contributed by atoms with E-state index in [1.54, 1.807) is 0 Å². The Kier molecular flexibility index (Phi) is 9.36. The highest BCUT2D eigenvalue weighted by Crippen LogP contribution is 2.21. The van der Waals surface area contributed by atoms with Gasteiger partial charge in [-0.3, -0.25) is 4.90 Å². The Morgan fingerprint density at radius 2 is 1.21 bits per heavy atom. The van der Waals surface area contributed by atoms with Gasteiger partial charge in [0.15, 0.2) is 0 Å². The molecule has 0 fully saturated rings. The Hall–Kier alpha value is -2.34. The molecule has 0 heterocycles. The van der Waals surface area contributed by atoms with Crippen LogP contribution in [0.5, 0.6) is 0 Å². The van der Waals surface area contributed by atoms with Crippen LogP contribution in [-0.2, 0) is 30.5 Å². The molecule has 3 aromatic carbocycles. The van der Waals surface area contributed by atoms with Gasteiger partial charge in [0, 0.05) is 19.1 Å². The molecule has 0 aliphatic heterocycles. The lowest BCUT2D eigenvalue weighted by Crippen LogP contribution is -2.54. The first-order chi connectivity index (χ1) is 15.9. The fraction of sp³-hybridized carbons (Fsp3) is 0.357. The first-order valence-electron chi connectivity index (χ1n) is 11.5. The van der Waals surface area contributed by atoms with Crippen molar-refractivity contribution in [3.05, 3.63) is 108 Å². The van der Waals surface area contributed by atoms with Crippen molar-refractivity contribution >= 4 is 11.0 Å². The second-order valence-corrected chi connectivity index (χ2v) is 11.4. The molecule has 3 aromatic rings. The summed E-state index contributed by atoms with van der Waals surface area (Å²) in [5, 5.41) is 0. The van der Waals surface area contributed by atoms with Gasteiger partial charge >= 0.3 is 0 Å². The van der Waals surface area contributed by atoms with E-state index in [1.165, 1.54) is 11.1 Å². The molecule has 0 aromatic heterocycles. The number of alkyl halides is 1. The summed E-state index contributed by atoms with van der Waals surface area (Å²) in [6.07, 6.45) is 0.656. The average molecular weight is 467 g/mol. The van der Waals surface area contributed by atoms with Crippen molar-refractivity contribution in [2.45, 2.75) is 57.1 Å². The Balaban J connectivity index is 1.97. The van der Waals surface area contributed by atoms with Crippen molar-refractivity contribution in [1.29, 1.82) is 0 Å². The van der Waals surface area contributed by atoms with Crippen molar-refractivity contribution in [1.82, 2.24) is 9.62 Å². The van der Waals surface area contributed by atoms with E-state index in [-0.39, 0.29) is 6.04 Å². The van der Waals surface area contributed by atoms with E-state index in [1.807, 2.05) is 75.4 Å². The van der Waals surface area contributed by atoms with Gasteiger partial charge in [-0.25, -0.2) is 13.3 Å². The van der Waals surface area contributed by atoms with Crippen molar-refractivity contribution in [2.24, 2.45) is 0 Å². The normalized spacial score (nSPS) is 14.7. The van der Waals surface area contributed by atoms with E-state index >= 15 is 0 Å². The fourth-order valence-electron chi connectivity index (χ4n) is 3.83. The lowest BCUT2D eigenvalue weighted by molar-refractivity contribution is 0.134. The Bertz CT molecular complexity index is 936. The lowest BCUT2D eigenvalue weighted by atomic mass is 9.97. The summed E-state index contributed by atoms with van der Waals surface area (Å²) >= 11 is 0. The molecular formula is C28H35FN2OS. The zero-order valence-electron chi connectivity index (χ0n) is 19.8. The SMILES string of the molecule is CC(C)(C)[S@@](=O)N[C@H](CF)[C@H](Cc1ccccc1)N(Cc1ccccc1)Cc1ccccc1. The highest BCUT2D eigenvalue weighted by molar-refractivity contribution is 7.84. The van der Waals surface area contributed by atoms with Gasteiger partial charge in [0.05, 0.1) is 21.8 Å². The molecular weight excluding hydrogens is 431 g/mol. The fourth-order valence-corrected chi connectivity index (χ4v) is 4.68. The number of nitrogens with one attached hydrogen (secondary N) is 1. The van der Waals surface area contributed by atoms with E-state index in [0.29, 0.717) is 19.5 Å². The van der Waals surface area contributed by atoms with Gasteiger partial charge in [-0.2, -0.15) is 0 Å². The molecule has 0 saturated carbocycles. The molecule has 0 bridgehead atoms. The zero-order valence-corrected chi connectivity index (χ0v) is 20.6. The molecule has 1 N–H and O–H groups in total. The molecule has 0 aliphatic carbocycles. The number of hydrogen-bond acceptors (Lipinski definition) is 2. The van der Waals surface area contributed by atoms with Gasteiger partial charge < -0.3 is 0 Å². The summed E-state index contributed by atoms with van der Waals surface area (Å²) < 4.78 is 30.2. The predicted octanol–water partition coefficient (Wildman–Crippen LogP) is 5.69. The minimum Gasteiger partial charge on any atom is -0.290 e. The van der Waals surface area contributed by atoms with Crippen molar-refractivity contribution < 1.29 is 8.60 Å². The summed E-state index contributed by atoms with van der Waals surface area (Å²) in [7, 11) is -1.37. The second-order valence-electron chi connectivity index (χ2n) is 9.39. The third kappa shape index (κ3) is 7.88. The minimum absolute atomic E-state index is 0.191.